The first-order chi connectivity index (χ1) is 13.1. The Kier molecular flexibility index (Phi) is 6.66. The molecule has 1 saturated heterocycles. The van der Waals surface area contributed by atoms with Crippen molar-refractivity contribution in [3.8, 4) is 0 Å². The number of nitrogens with one attached hydrogen (secondary N) is 1. The Labute approximate surface area is 162 Å². The second-order valence-corrected chi connectivity index (χ2v) is 7.36. The topological polar surface area (TPSA) is 35.6 Å². The molecule has 0 aromatic heterocycles. The lowest BCUT2D eigenvalue weighted by Gasteiger charge is -2.25. The number of rotatable bonds is 8. The Morgan fingerprint density at radius 3 is 2.78 bits per heavy atom. The molecule has 2 aromatic carbocycles. The molecule has 1 aliphatic rings. The molecule has 0 amide bonds. The maximum Gasteiger partial charge on any atom is 0.187 e. The number of hydrogen-bond donors (Lipinski definition) is 1. The van der Waals surface area contributed by atoms with Crippen LogP contribution >= 0.6 is 0 Å². The molecule has 1 aliphatic heterocycles. The summed E-state index contributed by atoms with van der Waals surface area (Å²) in [5, 5.41) is 3.55. The van der Waals surface area contributed by atoms with Gasteiger partial charge in [-0.05, 0) is 43.1 Å². The number of anilines is 1. The first kappa shape index (κ1) is 19.2. The Hall–Kier alpha value is -2.59. The fourth-order valence-electron chi connectivity index (χ4n) is 3.50. The Morgan fingerprint density at radius 1 is 1.19 bits per heavy atom. The Morgan fingerprint density at radius 2 is 2.00 bits per heavy atom. The van der Waals surface area contributed by atoms with Crippen molar-refractivity contribution in [2.45, 2.75) is 25.4 Å². The minimum Gasteiger partial charge on any atom is -0.383 e. The summed E-state index contributed by atoms with van der Waals surface area (Å²) in [6.45, 7) is 2.95. The number of carbonyl (C=O) groups is 1. The summed E-state index contributed by atoms with van der Waals surface area (Å²) < 4.78 is 0. The fraction of sp³-hybridized carbons (Fsp3) is 0.348. The summed E-state index contributed by atoms with van der Waals surface area (Å²) in [5.74, 6) is 0.0502. The van der Waals surface area contributed by atoms with Gasteiger partial charge in [0.25, 0.3) is 0 Å². The van der Waals surface area contributed by atoms with Crippen molar-refractivity contribution in [3.63, 3.8) is 0 Å². The zero-order valence-electron chi connectivity index (χ0n) is 16.3. The van der Waals surface area contributed by atoms with Gasteiger partial charge in [0, 0.05) is 56.8 Å². The van der Waals surface area contributed by atoms with Crippen LogP contribution in [0.4, 0.5) is 5.69 Å². The first-order valence-electron chi connectivity index (χ1n) is 9.63. The second-order valence-electron chi connectivity index (χ2n) is 7.36. The quantitative estimate of drug-likeness (QED) is 0.568. The van der Waals surface area contributed by atoms with Gasteiger partial charge in [-0.3, -0.25) is 9.69 Å². The molecule has 1 atom stereocenters. The number of hydrogen-bond acceptors (Lipinski definition) is 4. The lowest BCUT2D eigenvalue weighted by molar-refractivity contribution is 0.104. The largest absolute Gasteiger partial charge is 0.383 e. The molecular weight excluding hydrogens is 334 g/mol. The highest BCUT2D eigenvalue weighted by Crippen LogP contribution is 2.21. The van der Waals surface area contributed by atoms with Gasteiger partial charge in [0.05, 0.1) is 0 Å². The molecule has 1 N–H and O–H groups in total. The molecule has 0 aliphatic carbocycles. The van der Waals surface area contributed by atoms with Crippen molar-refractivity contribution < 1.29 is 4.79 Å². The van der Waals surface area contributed by atoms with Gasteiger partial charge >= 0.3 is 0 Å². The molecule has 27 heavy (non-hydrogen) atoms. The third-order valence-electron chi connectivity index (χ3n) is 4.94. The van der Waals surface area contributed by atoms with Gasteiger partial charge in [-0.1, -0.05) is 36.4 Å². The van der Waals surface area contributed by atoms with E-state index in [4.69, 9.17) is 0 Å². The molecule has 0 radical (unpaired) electrons. The summed E-state index contributed by atoms with van der Waals surface area (Å²) in [5.41, 5.74) is 3.12. The van der Waals surface area contributed by atoms with Crippen LogP contribution in [0, 0.1) is 0 Å². The number of para-hydroxylation sites is 1. The molecule has 0 saturated carbocycles. The lowest BCUT2D eigenvalue weighted by atomic mass is 10.1. The van der Waals surface area contributed by atoms with E-state index < -0.39 is 0 Å². The number of likely N-dealkylation sites (tertiary alicyclic amines) is 1. The smallest absolute Gasteiger partial charge is 0.187 e. The van der Waals surface area contributed by atoms with Gasteiger partial charge in [-0.2, -0.15) is 0 Å². The molecule has 1 fully saturated rings. The van der Waals surface area contributed by atoms with Gasteiger partial charge in [0.2, 0.25) is 0 Å². The standard InChI is InChI=1S/C23H29N3O/c1-25(2)15-13-23(27)20-9-6-8-19(16-20)18-26-14-7-12-22(26)17-24-21-10-4-3-5-11-21/h3-6,8-11,13,15-16,22,24H,7,12,14,17-18H2,1-2H3. The van der Waals surface area contributed by atoms with E-state index in [-0.39, 0.29) is 5.78 Å². The molecule has 2 aromatic rings. The average molecular weight is 364 g/mol. The molecule has 0 bridgehead atoms. The van der Waals surface area contributed by atoms with Crippen molar-refractivity contribution in [3.05, 3.63) is 78.0 Å². The Balaban J connectivity index is 1.60. The predicted octanol–water partition coefficient (Wildman–Crippen LogP) is 4.02. The van der Waals surface area contributed by atoms with Crippen molar-refractivity contribution in [1.82, 2.24) is 9.80 Å². The lowest BCUT2D eigenvalue weighted by Crippen LogP contribution is -2.34. The van der Waals surface area contributed by atoms with Crippen LogP contribution in [0.15, 0.2) is 66.9 Å². The summed E-state index contributed by atoms with van der Waals surface area (Å²) in [7, 11) is 3.83. The van der Waals surface area contributed by atoms with Gasteiger partial charge in [-0.25, -0.2) is 0 Å². The van der Waals surface area contributed by atoms with E-state index in [0.29, 0.717) is 6.04 Å². The summed E-state index contributed by atoms with van der Waals surface area (Å²) in [6, 6.07) is 18.9. The van der Waals surface area contributed by atoms with Gasteiger partial charge in [-0.15, -0.1) is 0 Å². The van der Waals surface area contributed by atoms with Crippen molar-refractivity contribution >= 4 is 11.5 Å². The zero-order valence-corrected chi connectivity index (χ0v) is 16.3. The van der Waals surface area contributed by atoms with E-state index in [9.17, 15) is 4.79 Å². The maximum absolute atomic E-state index is 12.3. The van der Waals surface area contributed by atoms with Crippen LogP contribution < -0.4 is 5.32 Å². The molecule has 3 rings (SSSR count). The van der Waals surface area contributed by atoms with E-state index >= 15 is 0 Å². The van der Waals surface area contributed by atoms with Crippen LogP contribution in [-0.2, 0) is 6.54 Å². The van der Waals surface area contributed by atoms with Crippen LogP contribution in [0.5, 0.6) is 0 Å². The minimum absolute atomic E-state index is 0.0502. The van der Waals surface area contributed by atoms with Crippen molar-refractivity contribution in [2.24, 2.45) is 0 Å². The van der Waals surface area contributed by atoms with E-state index in [1.165, 1.54) is 24.1 Å². The number of nitrogens with zero attached hydrogens (tertiary/aromatic N) is 2. The van der Waals surface area contributed by atoms with Crippen molar-refractivity contribution in [1.29, 1.82) is 0 Å². The van der Waals surface area contributed by atoms with Gasteiger partial charge < -0.3 is 10.2 Å². The van der Waals surface area contributed by atoms with E-state index in [1.807, 2.05) is 43.3 Å². The van der Waals surface area contributed by atoms with E-state index in [1.54, 1.807) is 12.3 Å². The van der Waals surface area contributed by atoms with Crippen LogP contribution in [0.25, 0.3) is 0 Å². The highest BCUT2D eigenvalue weighted by molar-refractivity contribution is 6.04. The summed E-state index contributed by atoms with van der Waals surface area (Å²) in [6.07, 6.45) is 5.86. The number of allylic oxidation sites excluding steroid dienone is 1. The summed E-state index contributed by atoms with van der Waals surface area (Å²) >= 11 is 0. The van der Waals surface area contributed by atoms with Crippen molar-refractivity contribution in [2.75, 3.05) is 32.5 Å². The minimum atomic E-state index is 0.0502. The van der Waals surface area contributed by atoms with Crippen LogP contribution in [0.1, 0.15) is 28.8 Å². The number of carbonyl (C=O) groups excluding carboxylic acids is 1. The molecule has 1 unspecified atom stereocenters. The molecule has 0 spiro atoms. The normalized spacial score (nSPS) is 17.3. The van der Waals surface area contributed by atoms with E-state index in [2.05, 4.69) is 40.5 Å². The molecule has 4 nitrogen and oxygen atoms in total. The monoisotopic (exact) mass is 363 g/mol. The predicted molar refractivity (Wildman–Crippen MR) is 112 cm³/mol. The third-order valence-corrected chi connectivity index (χ3v) is 4.94. The average Bonchev–Trinajstić information content (AvgIpc) is 3.12. The zero-order chi connectivity index (χ0) is 19.1. The second kappa shape index (κ2) is 9.38. The molecular formula is C23H29N3O. The van der Waals surface area contributed by atoms with E-state index in [0.717, 1.165) is 25.2 Å². The van der Waals surface area contributed by atoms with Gasteiger partial charge in [0.15, 0.2) is 5.78 Å². The first-order valence-corrected chi connectivity index (χ1v) is 9.63. The Bertz CT molecular complexity index is 770. The SMILES string of the molecule is CN(C)C=CC(=O)c1cccc(CN2CCCC2CNc2ccccc2)c1. The van der Waals surface area contributed by atoms with Gasteiger partial charge in [0.1, 0.15) is 0 Å². The molecule has 1 heterocycles. The van der Waals surface area contributed by atoms with Crippen LogP contribution in [-0.4, -0.2) is 48.8 Å². The highest BCUT2D eigenvalue weighted by Gasteiger charge is 2.24. The number of ketones is 1. The molecule has 142 valence electrons. The maximum atomic E-state index is 12.3. The third kappa shape index (κ3) is 5.69. The summed E-state index contributed by atoms with van der Waals surface area (Å²) in [4.78, 5) is 16.7. The fourth-order valence-corrected chi connectivity index (χ4v) is 3.50. The molecule has 4 heteroatoms. The van der Waals surface area contributed by atoms with Crippen LogP contribution in [0.2, 0.25) is 0 Å². The highest BCUT2D eigenvalue weighted by atomic mass is 16.1. The van der Waals surface area contributed by atoms with Crippen LogP contribution in [0.3, 0.4) is 0 Å². The number of benzene rings is 2.